The maximum Gasteiger partial charge on any atom is 0.0427 e. The van der Waals surface area contributed by atoms with Crippen molar-refractivity contribution in [2.45, 2.75) is 32.1 Å². The molecule has 106 valence electrons. The summed E-state index contributed by atoms with van der Waals surface area (Å²) in [6.07, 6.45) is 1.17. The van der Waals surface area contributed by atoms with E-state index in [0.29, 0.717) is 5.25 Å². The lowest BCUT2D eigenvalue weighted by Gasteiger charge is -2.34. The van der Waals surface area contributed by atoms with Crippen LogP contribution >= 0.6 is 23.4 Å². The molecule has 1 unspecified atom stereocenters. The summed E-state index contributed by atoms with van der Waals surface area (Å²) in [6.45, 7) is 8.73. The Morgan fingerprint density at radius 1 is 1.47 bits per heavy atom. The second kappa shape index (κ2) is 7.41. The summed E-state index contributed by atoms with van der Waals surface area (Å²) in [5, 5.41) is 5.02. The Morgan fingerprint density at radius 3 is 3.05 bits per heavy atom. The highest BCUT2D eigenvalue weighted by Crippen LogP contribution is 2.29. The molecular weight excluding hydrogens is 276 g/mol. The molecule has 0 aliphatic carbocycles. The second-order valence-electron chi connectivity index (χ2n) is 5.08. The van der Waals surface area contributed by atoms with Gasteiger partial charge in [-0.05, 0) is 30.7 Å². The number of anilines is 1. The first-order valence-electron chi connectivity index (χ1n) is 7.06. The number of rotatable bonds is 5. The average molecular weight is 299 g/mol. The summed E-state index contributed by atoms with van der Waals surface area (Å²) in [5.41, 5.74) is 2.67. The van der Waals surface area contributed by atoms with Gasteiger partial charge in [-0.2, -0.15) is 11.8 Å². The van der Waals surface area contributed by atoms with E-state index < -0.39 is 0 Å². The zero-order valence-electron chi connectivity index (χ0n) is 11.8. The number of hydrogen-bond donors (Lipinski definition) is 1. The lowest BCUT2D eigenvalue weighted by Crippen LogP contribution is -2.37. The Bertz CT molecular complexity index is 411. The topological polar surface area (TPSA) is 15.3 Å². The summed E-state index contributed by atoms with van der Waals surface area (Å²) in [7, 11) is 0. The molecule has 1 aliphatic heterocycles. The highest BCUT2D eigenvalue weighted by atomic mass is 35.5. The Kier molecular flexibility index (Phi) is 5.86. The van der Waals surface area contributed by atoms with Crippen LogP contribution in [0.25, 0.3) is 0 Å². The van der Waals surface area contributed by atoms with Crippen molar-refractivity contribution in [1.82, 2.24) is 5.32 Å². The molecule has 0 saturated carbocycles. The summed E-state index contributed by atoms with van der Waals surface area (Å²) in [4.78, 5) is 2.48. The summed E-state index contributed by atoms with van der Waals surface area (Å²) < 4.78 is 0. The van der Waals surface area contributed by atoms with Crippen LogP contribution in [0.2, 0.25) is 5.02 Å². The van der Waals surface area contributed by atoms with Gasteiger partial charge in [-0.1, -0.05) is 31.5 Å². The quantitative estimate of drug-likeness (QED) is 0.833. The van der Waals surface area contributed by atoms with Crippen LogP contribution in [-0.2, 0) is 6.54 Å². The molecular formula is C15H23ClN2S. The molecule has 1 fully saturated rings. The van der Waals surface area contributed by atoms with Gasteiger partial charge in [0.25, 0.3) is 0 Å². The number of nitrogens with one attached hydrogen (secondary N) is 1. The van der Waals surface area contributed by atoms with Crippen LogP contribution in [0.4, 0.5) is 5.69 Å². The Hall–Kier alpha value is -0.380. The Balaban J connectivity index is 2.13. The third-order valence-electron chi connectivity index (χ3n) is 3.37. The maximum absolute atomic E-state index is 6.18. The van der Waals surface area contributed by atoms with Crippen molar-refractivity contribution in [3.05, 3.63) is 28.8 Å². The largest absolute Gasteiger partial charge is 0.369 e. The highest BCUT2D eigenvalue weighted by molar-refractivity contribution is 8.00. The van der Waals surface area contributed by atoms with Crippen molar-refractivity contribution >= 4 is 29.1 Å². The standard InChI is InChI=1S/C15H23ClN2S/c1-3-6-17-10-13-4-5-14(16)9-15(13)18-7-8-19-12(2)11-18/h4-5,9,12,17H,3,6-8,10-11H2,1-2H3. The van der Waals surface area contributed by atoms with Crippen LogP contribution in [0, 0.1) is 0 Å². The zero-order valence-corrected chi connectivity index (χ0v) is 13.4. The molecule has 19 heavy (non-hydrogen) atoms. The summed E-state index contributed by atoms with van der Waals surface area (Å²) in [5.74, 6) is 1.20. The van der Waals surface area contributed by atoms with Gasteiger partial charge in [-0.25, -0.2) is 0 Å². The molecule has 1 saturated heterocycles. The molecule has 1 aliphatic rings. The van der Waals surface area contributed by atoms with Crippen molar-refractivity contribution in [3.63, 3.8) is 0 Å². The van der Waals surface area contributed by atoms with Crippen LogP contribution < -0.4 is 10.2 Å². The molecule has 1 aromatic carbocycles. The van der Waals surface area contributed by atoms with Gasteiger partial charge in [0.15, 0.2) is 0 Å². The minimum Gasteiger partial charge on any atom is -0.369 e. The van der Waals surface area contributed by atoms with Gasteiger partial charge in [0.2, 0.25) is 0 Å². The van der Waals surface area contributed by atoms with Crippen LogP contribution in [0.15, 0.2) is 18.2 Å². The monoisotopic (exact) mass is 298 g/mol. The van der Waals surface area contributed by atoms with E-state index in [1.165, 1.54) is 23.4 Å². The normalized spacial score (nSPS) is 19.7. The van der Waals surface area contributed by atoms with Gasteiger partial charge in [0.1, 0.15) is 0 Å². The first-order valence-corrected chi connectivity index (χ1v) is 8.49. The van der Waals surface area contributed by atoms with E-state index in [9.17, 15) is 0 Å². The van der Waals surface area contributed by atoms with E-state index in [0.717, 1.165) is 31.2 Å². The van der Waals surface area contributed by atoms with Crippen LogP contribution in [0.5, 0.6) is 0 Å². The number of benzene rings is 1. The smallest absolute Gasteiger partial charge is 0.0427 e. The molecule has 1 N–H and O–H groups in total. The van der Waals surface area contributed by atoms with E-state index >= 15 is 0 Å². The van der Waals surface area contributed by atoms with E-state index in [1.807, 2.05) is 6.07 Å². The maximum atomic E-state index is 6.18. The fourth-order valence-corrected chi connectivity index (χ4v) is 3.60. The van der Waals surface area contributed by atoms with Gasteiger partial charge < -0.3 is 10.2 Å². The number of nitrogens with zero attached hydrogens (tertiary/aromatic N) is 1. The van der Waals surface area contributed by atoms with Crippen molar-refractivity contribution in [1.29, 1.82) is 0 Å². The summed E-state index contributed by atoms with van der Waals surface area (Å²) in [6, 6.07) is 6.27. The molecule has 0 spiro atoms. The molecule has 1 heterocycles. The Labute approximate surface area is 125 Å². The molecule has 0 aromatic heterocycles. The molecule has 4 heteroatoms. The number of thioether (sulfide) groups is 1. The summed E-state index contributed by atoms with van der Waals surface area (Å²) >= 11 is 8.24. The Morgan fingerprint density at radius 2 is 2.32 bits per heavy atom. The third-order valence-corrected chi connectivity index (χ3v) is 4.74. The van der Waals surface area contributed by atoms with Crippen molar-refractivity contribution in [3.8, 4) is 0 Å². The molecule has 1 aromatic rings. The first kappa shape index (κ1) is 15.0. The van der Waals surface area contributed by atoms with Crippen LogP contribution in [-0.4, -0.2) is 30.6 Å². The van der Waals surface area contributed by atoms with Gasteiger partial charge in [-0.15, -0.1) is 0 Å². The lowest BCUT2D eigenvalue weighted by molar-refractivity contribution is 0.671. The molecule has 0 amide bonds. The van der Waals surface area contributed by atoms with Gasteiger partial charge in [0.05, 0.1) is 0 Å². The number of halogens is 1. The fourth-order valence-electron chi connectivity index (χ4n) is 2.42. The van der Waals surface area contributed by atoms with Crippen LogP contribution in [0.1, 0.15) is 25.8 Å². The molecule has 0 bridgehead atoms. The predicted octanol–water partition coefficient (Wildman–Crippen LogP) is 3.78. The first-order chi connectivity index (χ1) is 9.20. The van der Waals surface area contributed by atoms with Crippen LogP contribution in [0.3, 0.4) is 0 Å². The average Bonchev–Trinajstić information content (AvgIpc) is 2.40. The SMILES string of the molecule is CCCNCc1ccc(Cl)cc1N1CCSC(C)C1. The molecule has 2 rings (SSSR count). The van der Waals surface area contributed by atoms with Gasteiger partial charge in [0, 0.05) is 41.3 Å². The lowest BCUT2D eigenvalue weighted by atomic mass is 10.1. The van der Waals surface area contributed by atoms with Crippen molar-refractivity contribution in [2.24, 2.45) is 0 Å². The van der Waals surface area contributed by atoms with E-state index in [1.54, 1.807) is 0 Å². The minimum atomic E-state index is 0.698. The second-order valence-corrected chi connectivity index (χ2v) is 7.06. The van der Waals surface area contributed by atoms with E-state index in [2.05, 4.69) is 48.0 Å². The number of hydrogen-bond acceptors (Lipinski definition) is 3. The fraction of sp³-hybridized carbons (Fsp3) is 0.600. The van der Waals surface area contributed by atoms with Crippen molar-refractivity contribution in [2.75, 3.05) is 30.3 Å². The van der Waals surface area contributed by atoms with Crippen molar-refractivity contribution < 1.29 is 0 Å². The minimum absolute atomic E-state index is 0.698. The molecule has 1 atom stereocenters. The third kappa shape index (κ3) is 4.30. The molecule has 0 radical (unpaired) electrons. The van der Waals surface area contributed by atoms with Gasteiger partial charge >= 0.3 is 0 Å². The highest BCUT2D eigenvalue weighted by Gasteiger charge is 2.19. The van der Waals surface area contributed by atoms with E-state index in [4.69, 9.17) is 11.6 Å². The van der Waals surface area contributed by atoms with E-state index in [-0.39, 0.29) is 0 Å². The van der Waals surface area contributed by atoms with Gasteiger partial charge in [-0.3, -0.25) is 0 Å². The predicted molar refractivity (Wildman–Crippen MR) is 87.6 cm³/mol. The molecule has 2 nitrogen and oxygen atoms in total. The zero-order chi connectivity index (χ0) is 13.7.